The molecule has 28 heavy (non-hydrogen) atoms. The summed E-state index contributed by atoms with van der Waals surface area (Å²) in [6.45, 7) is 1.83. The summed E-state index contributed by atoms with van der Waals surface area (Å²) >= 11 is 7.44. The molecule has 3 aromatic heterocycles. The second-order valence-corrected chi connectivity index (χ2v) is 7.76. The molecule has 0 aliphatic carbocycles. The van der Waals surface area contributed by atoms with Crippen molar-refractivity contribution in [3.05, 3.63) is 45.6 Å². The van der Waals surface area contributed by atoms with Crippen molar-refractivity contribution >= 4 is 55.2 Å². The molecule has 0 unspecified atom stereocenters. The van der Waals surface area contributed by atoms with Gasteiger partial charge in [0.05, 0.1) is 34.2 Å². The summed E-state index contributed by atoms with van der Waals surface area (Å²) in [6.07, 6.45) is 3.23. The molecule has 1 aromatic carbocycles. The fraction of sp³-hybridized carbons (Fsp3) is 0.222. The van der Waals surface area contributed by atoms with Crippen molar-refractivity contribution in [3.63, 3.8) is 0 Å². The van der Waals surface area contributed by atoms with E-state index in [1.54, 1.807) is 29.9 Å². The van der Waals surface area contributed by atoms with Crippen molar-refractivity contribution in [3.8, 4) is 5.75 Å². The predicted molar refractivity (Wildman–Crippen MR) is 110 cm³/mol. The van der Waals surface area contributed by atoms with Gasteiger partial charge in [-0.05, 0) is 18.6 Å². The van der Waals surface area contributed by atoms with E-state index in [2.05, 4.69) is 15.3 Å². The lowest BCUT2D eigenvalue weighted by atomic mass is 10.2. The van der Waals surface area contributed by atoms with Crippen LogP contribution in [-0.4, -0.2) is 32.1 Å². The van der Waals surface area contributed by atoms with Crippen molar-refractivity contribution in [2.75, 3.05) is 12.4 Å². The van der Waals surface area contributed by atoms with E-state index < -0.39 is 0 Å². The summed E-state index contributed by atoms with van der Waals surface area (Å²) in [7, 11) is 3.20. The van der Waals surface area contributed by atoms with Gasteiger partial charge >= 0.3 is 0 Å². The largest absolute Gasteiger partial charge is 0.495 e. The fourth-order valence-corrected chi connectivity index (χ4v) is 4.25. The Morgan fingerprint density at radius 3 is 2.93 bits per heavy atom. The highest BCUT2D eigenvalue weighted by Crippen LogP contribution is 2.34. The van der Waals surface area contributed by atoms with Crippen molar-refractivity contribution < 1.29 is 9.53 Å². The number of nitrogens with zero attached hydrogens (tertiary/aromatic N) is 4. The number of fused-ring (bicyclic) bond motifs is 2. The maximum Gasteiger partial charge on any atom is 0.276 e. The summed E-state index contributed by atoms with van der Waals surface area (Å²) in [6, 6.07) is 3.47. The maximum atomic E-state index is 12.5. The van der Waals surface area contributed by atoms with Crippen LogP contribution in [0.2, 0.25) is 5.02 Å². The second kappa shape index (κ2) is 6.92. The van der Waals surface area contributed by atoms with Gasteiger partial charge in [-0.3, -0.25) is 9.59 Å². The zero-order chi connectivity index (χ0) is 20.0. The molecular weight excluding hydrogens is 402 g/mol. The zero-order valence-electron chi connectivity index (χ0n) is 15.3. The number of benzene rings is 1. The zero-order valence-corrected chi connectivity index (χ0v) is 16.9. The van der Waals surface area contributed by atoms with Crippen LogP contribution in [-0.2, 0) is 18.4 Å². The van der Waals surface area contributed by atoms with E-state index in [9.17, 15) is 9.59 Å². The number of hydrogen-bond donors (Lipinski definition) is 1. The number of pyridine rings is 1. The predicted octanol–water partition coefficient (Wildman–Crippen LogP) is 2.95. The molecule has 10 heteroatoms. The van der Waals surface area contributed by atoms with Crippen molar-refractivity contribution in [1.82, 2.24) is 19.1 Å². The van der Waals surface area contributed by atoms with E-state index in [4.69, 9.17) is 16.3 Å². The molecule has 3 heterocycles. The number of rotatable bonds is 4. The SMILES string of the molecule is COc1cc2nc(NC(=O)Cn3cnc4c(C)cn(C)c(=O)c43)sc2cc1Cl. The molecule has 0 spiro atoms. The standard InChI is InChI=1S/C18H16ClN5O3S/c1-9-6-23(2)17(26)16-15(9)20-8-24(16)7-14(25)22-18-21-11-5-12(27-3)10(19)4-13(11)28-18/h4-6,8H,7H2,1-3H3,(H,21,22,25). The first-order valence-electron chi connectivity index (χ1n) is 8.32. The molecule has 0 fully saturated rings. The van der Waals surface area contributed by atoms with Crippen LogP contribution < -0.4 is 15.6 Å². The minimum Gasteiger partial charge on any atom is -0.495 e. The number of hydrogen-bond acceptors (Lipinski definition) is 6. The van der Waals surface area contributed by atoms with Gasteiger partial charge in [0.2, 0.25) is 5.91 Å². The fourth-order valence-electron chi connectivity index (χ4n) is 3.05. The van der Waals surface area contributed by atoms with Crippen molar-refractivity contribution in [1.29, 1.82) is 0 Å². The van der Waals surface area contributed by atoms with Gasteiger partial charge in [0.15, 0.2) is 5.13 Å². The van der Waals surface area contributed by atoms with E-state index in [0.717, 1.165) is 10.3 Å². The number of imidazole rings is 1. The molecule has 144 valence electrons. The highest BCUT2D eigenvalue weighted by atomic mass is 35.5. The van der Waals surface area contributed by atoms with Crippen molar-refractivity contribution in [2.45, 2.75) is 13.5 Å². The van der Waals surface area contributed by atoms with Gasteiger partial charge in [-0.1, -0.05) is 22.9 Å². The van der Waals surface area contributed by atoms with Crippen LogP contribution in [0, 0.1) is 6.92 Å². The maximum absolute atomic E-state index is 12.5. The van der Waals surface area contributed by atoms with Gasteiger partial charge in [0.25, 0.3) is 5.56 Å². The Labute approximate surface area is 168 Å². The van der Waals surface area contributed by atoms with Gasteiger partial charge in [-0.25, -0.2) is 9.97 Å². The topological polar surface area (TPSA) is 91.0 Å². The number of aryl methyl sites for hydroxylation is 2. The average molecular weight is 418 g/mol. The Kier molecular flexibility index (Phi) is 4.56. The number of amides is 1. The number of halogens is 1. The van der Waals surface area contributed by atoms with Gasteiger partial charge in [-0.15, -0.1) is 0 Å². The van der Waals surface area contributed by atoms with Crippen LogP contribution in [0.5, 0.6) is 5.75 Å². The minimum absolute atomic E-state index is 0.0464. The number of nitrogens with one attached hydrogen (secondary N) is 1. The third-order valence-electron chi connectivity index (χ3n) is 4.34. The number of carbonyl (C=O) groups is 1. The lowest BCUT2D eigenvalue weighted by Crippen LogP contribution is -2.23. The molecule has 0 bridgehead atoms. The highest BCUT2D eigenvalue weighted by molar-refractivity contribution is 7.22. The number of methoxy groups -OCH3 is 1. The Morgan fingerprint density at radius 1 is 1.39 bits per heavy atom. The third kappa shape index (κ3) is 3.12. The van der Waals surface area contributed by atoms with Gasteiger partial charge < -0.3 is 19.2 Å². The number of ether oxygens (including phenoxy) is 1. The molecule has 0 aliphatic rings. The molecule has 0 radical (unpaired) electrons. The molecule has 4 rings (SSSR count). The first-order chi connectivity index (χ1) is 13.4. The van der Waals surface area contributed by atoms with Crippen LogP contribution in [0.25, 0.3) is 21.3 Å². The normalized spacial score (nSPS) is 11.3. The molecule has 1 amide bonds. The lowest BCUT2D eigenvalue weighted by molar-refractivity contribution is -0.116. The Balaban J connectivity index is 1.61. The van der Waals surface area contributed by atoms with Crippen LogP contribution in [0.1, 0.15) is 5.56 Å². The van der Waals surface area contributed by atoms with E-state index in [1.807, 2.05) is 6.92 Å². The number of anilines is 1. The van der Waals surface area contributed by atoms with E-state index >= 15 is 0 Å². The highest BCUT2D eigenvalue weighted by Gasteiger charge is 2.15. The Hall–Kier alpha value is -2.91. The summed E-state index contributed by atoms with van der Waals surface area (Å²) in [5, 5.41) is 3.69. The van der Waals surface area contributed by atoms with Gasteiger partial charge in [0, 0.05) is 19.3 Å². The van der Waals surface area contributed by atoms with Crippen LogP contribution >= 0.6 is 22.9 Å². The van der Waals surface area contributed by atoms with E-state index in [0.29, 0.717) is 32.5 Å². The summed E-state index contributed by atoms with van der Waals surface area (Å²) in [5.41, 5.74) is 2.34. The average Bonchev–Trinajstić information content (AvgIpc) is 3.22. The molecule has 0 atom stereocenters. The number of aromatic nitrogens is 4. The summed E-state index contributed by atoms with van der Waals surface area (Å²) < 4.78 is 9.05. The Bertz CT molecular complexity index is 1290. The van der Waals surface area contributed by atoms with Crippen molar-refractivity contribution in [2.24, 2.45) is 7.05 Å². The van der Waals surface area contributed by atoms with Gasteiger partial charge in [-0.2, -0.15) is 0 Å². The minimum atomic E-state index is -0.306. The summed E-state index contributed by atoms with van der Waals surface area (Å²) in [4.78, 5) is 33.6. The smallest absolute Gasteiger partial charge is 0.276 e. The van der Waals surface area contributed by atoms with E-state index in [-0.39, 0.29) is 18.0 Å². The monoisotopic (exact) mass is 417 g/mol. The summed E-state index contributed by atoms with van der Waals surface area (Å²) in [5.74, 6) is 0.216. The first kappa shape index (κ1) is 18.5. The molecule has 8 nitrogen and oxygen atoms in total. The number of thiazole rings is 1. The lowest BCUT2D eigenvalue weighted by Gasteiger charge is -2.06. The first-order valence-corrected chi connectivity index (χ1v) is 9.52. The molecular formula is C18H16ClN5O3S. The molecule has 1 N–H and O–H groups in total. The van der Waals surface area contributed by atoms with Crippen LogP contribution in [0.15, 0.2) is 29.5 Å². The van der Waals surface area contributed by atoms with Crippen LogP contribution in [0.4, 0.5) is 5.13 Å². The van der Waals surface area contributed by atoms with Crippen LogP contribution in [0.3, 0.4) is 0 Å². The second-order valence-electron chi connectivity index (χ2n) is 6.32. The molecule has 4 aromatic rings. The number of carbonyl (C=O) groups excluding carboxylic acids is 1. The Morgan fingerprint density at radius 2 is 2.18 bits per heavy atom. The molecule has 0 aliphatic heterocycles. The van der Waals surface area contributed by atoms with E-state index in [1.165, 1.54) is 29.3 Å². The van der Waals surface area contributed by atoms with Gasteiger partial charge in [0.1, 0.15) is 17.8 Å². The molecule has 0 saturated carbocycles. The molecule has 0 saturated heterocycles. The quantitative estimate of drug-likeness (QED) is 0.551. The third-order valence-corrected chi connectivity index (χ3v) is 5.57.